The second kappa shape index (κ2) is 4.58. The molecule has 1 saturated heterocycles. The molecular weight excluding hydrogens is 222 g/mol. The molecule has 2 rings (SSSR count). The van der Waals surface area contributed by atoms with Crippen LogP contribution in [0.2, 0.25) is 0 Å². The van der Waals surface area contributed by atoms with Crippen LogP contribution in [-0.4, -0.2) is 42.4 Å². The fourth-order valence-corrected chi connectivity index (χ4v) is 1.93. The SMILES string of the molecule is CN(c1nccc(C(=O)O)c1N)C1CCOC1. The van der Waals surface area contributed by atoms with Crippen molar-refractivity contribution in [2.75, 3.05) is 30.9 Å². The van der Waals surface area contributed by atoms with Gasteiger partial charge in [-0.05, 0) is 12.5 Å². The van der Waals surface area contributed by atoms with E-state index in [0.29, 0.717) is 19.0 Å². The third kappa shape index (κ3) is 2.16. The van der Waals surface area contributed by atoms with Gasteiger partial charge in [0.05, 0.1) is 23.9 Å². The molecule has 17 heavy (non-hydrogen) atoms. The van der Waals surface area contributed by atoms with Crippen molar-refractivity contribution in [3.05, 3.63) is 17.8 Å². The summed E-state index contributed by atoms with van der Waals surface area (Å²) in [6.45, 7) is 1.34. The second-order valence-corrected chi connectivity index (χ2v) is 4.03. The maximum Gasteiger partial charge on any atom is 0.337 e. The van der Waals surface area contributed by atoms with Gasteiger partial charge in [0.1, 0.15) is 0 Å². The van der Waals surface area contributed by atoms with E-state index in [2.05, 4.69) is 4.98 Å². The molecule has 1 atom stereocenters. The summed E-state index contributed by atoms with van der Waals surface area (Å²) in [5.41, 5.74) is 6.11. The number of carboxylic acid groups (broad SMARTS) is 1. The lowest BCUT2D eigenvalue weighted by Gasteiger charge is -2.25. The van der Waals surface area contributed by atoms with Gasteiger partial charge in [-0.15, -0.1) is 0 Å². The van der Waals surface area contributed by atoms with Crippen LogP contribution in [0.25, 0.3) is 0 Å². The average molecular weight is 237 g/mol. The number of nitrogens with zero attached hydrogens (tertiary/aromatic N) is 2. The number of hydrogen-bond acceptors (Lipinski definition) is 5. The number of aromatic carboxylic acids is 1. The van der Waals surface area contributed by atoms with Gasteiger partial charge in [0.2, 0.25) is 0 Å². The largest absolute Gasteiger partial charge is 0.478 e. The van der Waals surface area contributed by atoms with Gasteiger partial charge in [0.15, 0.2) is 5.82 Å². The number of nitrogen functional groups attached to an aromatic ring is 1. The summed E-state index contributed by atoms with van der Waals surface area (Å²) in [7, 11) is 1.85. The molecule has 0 radical (unpaired) electrons. The van der Waals surface area contributed by atoms with E-state index in [4.69, 9.17) is 15.6 Å². The number of likely N-dealkylation sites (N-methyl/N-ethyl adjacent to an activating group) is 1. The Bertz CT molecular complexity index is 430. The van der Waals surface area contributed by atoms with Gasteiger partial charge < -0.3 is 20.5 Å². The lowest BCUT2D eigenvalue weighted by atomic mass is 10.2. The molecule has 0 saturated carbocycles. The van der Waals surface area contributed by atoms with Crippen LogP contribution in [0, 0.1) is 0 Å². The highest BCUT2D eigenvalue weighted by Gasteiger charge is 2.24. The number of nitrogens with two attached hydrogens (primary N) is 1. The number of carboxylic acids is 1. The summed E-state index contributed by atoms with van der Waals surface area (Å²) in [6.07, 6.45) is 2.36. The van der Waals surface area contributed by atoms with Crippen molar-refractivity contribution in [2.45, 2.75) is 12.5 Å². The fraction of sp³-hybridized carbons (Fsp3) is 0.455. The van der Waals surface area contributed by atoms with Crippen LogP contribution in [0.1, 0.15) is 16.8 Å². The minimum absolute atomic E-state index is 0.0840. The molecular formula is C11H15N3O3. The topological polar surface area (TPSA) is 88.7 Å². The van der Waals surface area contributed by atoms with Crippen LogP contribution < -0.4 is 10.6 Å². The Morgan fingerprint density at radius 2 is 2.47 bits per heavy atom. The van der Waals surface area contributed by atoms with E-state index in [9.17, 15) is 4.79 Å². The molecule has 3 N–H and O–H groups in total. The second-order valence-electron chi connectivity index (χ2n) is 4.03. The van der Waals surface area contributed by atoms with E-state index >= 15 is 0 Å². The van der Waals surface area contributed by atoms with Crippen molar-refractivity contribution in [1.29, 1.82) is 0 Å². The number of hydrogen-bond donors (Lipinski definition) is 2. The van der Waals surface area contributed by atoms with Crippen molar-refractivity contribution in [1.82, 2.24) is 4.98 Å². The molecule has 1 fully saturated rings. The van der Waals surface area contributed by atoms with Crippen molar-refractivity contribution < 1.29 is 14.6 Å². The fourth-order valence-electron chi connectivity index (χ4n) is 1.93. The average Bonchev–Trinajstić information content (AvgIpc) is 2.81. The molecule has 0 bridgehead atoms. The van der Waals surface area contributed by atoms with Crippen molar-refractivity contribution in [2.24, 2.45) is 0 Å². The molecule has 6 nitrogen and oxygen atoms in total. The third-order valence-corrected chi connectivity index (χ3v) is 2.99. The van der Waals surface area contributed by atoms with Crippen LogP contribution >= 0.6 is 0 Å². The zero-order valence-corrected chi connectivity index (χ0v) is 9.59. The van der Waals surface area contributed by atoms with Gasteiger partial charge in [0, 0.05) is 19.9 Å². The van der Waals surface area contributed by atoms with E-state index in [1.807, 2.05) is 11.9 Å². The highest BCUT2D eigenvalue weighted by atomic mass is 16.5. The molecule has 0 aromatic carbocycles. The highest BCUT2D eigenvalue weighted by Crippen LogP contribution is 2.26. The van der Waals surface area contributed by atoms with Gasteiger partial charge >= 0.3 is 5.97 Å². The minimum Gasteiger partial charge on any atom is -0.478 e. The molecule has 1 aromatic heterocycles. The van der Waals surface area contributed by atoms with Gasteiger partial charge in [-0.2, -0.15) is 0 Å². The number of aromatic nitrogens is 1. The van der Waals surface area contributed by atoms with Gasteiger partial charge in [0.25, 0.3) is 0 Å². The Morgan fingerprint density at radius 3 is 3.06 bits per heavy atom. The maximum atomic E-state index is 11.0. The molecule has 0 amide bonds. The smallest absolute Gasteiger partial charge is 0.337 e. The lowest BCUT2D eigenvalue weighted by Crippen LogP contribution is -2.33. The van der Waals surface area contributed by atoms with Crippen LogP contribution in [0.3, 0.4) is 0 Å². The molecule has 1 unspecified atom stereocenters. The lowest BCUT2D eigenvalue weighted by molar-refractivity contribution is 0.0698. The Labute approximate surface area is 99.0 Å². The molecule has 0 aliphatic carbocycles. The predicted octanol–water partition coefficient (Wildman–Crippen LogP) is 0.587. The molecule has 2 heterocycles. The zero-order chi connectivity index (χ0) is 12.4. The summed E-state index contributed by atoms with van der Waals surface area (Å²) in [4.78, 5) is 17.0. The van der Waals surface area contributed by atoms with Crippen LogP contribution in [-0.2, 0) is 4.74 Å². The molecule has 0 spiro atoms. The first-order chi connectivity index (χ1) is 8.11. The van der Waals surface area contributed by atoms with Crippen molar-refractivity contribution >= 4 is 17.5 Å². The van der Waals surface area contributed by atoms with E-state index in [1.165, 1.54) is 12.3 Å². The van der Waals surface area contributed by atoms with Gasteiger partial charge in [-0.3, -0.25) is 0 Å². The molecule has 92 valence electrons. The number of pyridine rings is 1. The Morgan fingerprint density at radius 1 is 1.71 bits per heavy atom. The van der Waals surface area contributed by atoms with Crippen molar-refractivity contribution in [3.63, 3.8) is 0 Å². The van der Waals surface area contributed by atoms with Crippen molar-refractivity contribution in [3.8, 4) is 0 Å². The van der Waals surface area contributed by atoms with Crippen LogP contribution in [0.5, 0.6) is 0 Å². The monoisotopic (exact) mass is 237 g/mol. The highest BCUT2D eigenvalue weighted by molar-refractivity contribution is 5.96. The first-order valence-electron chi connectivity index (χ1n) is 5.39. The summed E-state index contributed by atoms with van der Waals surface area (Å²) >= 11 is 0. The first kappa shape index (κ1) is 11.7. The van der Waals surface area contributed by atoms with Crippen LogP contribution in [0.15, 0.2) is 12.3 Å². The maximum absolute atomic E-state index is 11.0. The number of carbonyl (C=O) groups is 1. The predicted molar refractivity (Wildman–Crippen MR) is 63.2 cm³/mol. The standard InChI is InChI=1S/C11H15N3O3/c1-14(7-3-5-17-6-7)10-9(12)8(11(15)16)2-4-13-10/h2,4,7H,3,5-6,12H2,1H3,(H,15,16). The van der Waals surface area contributed by atoms with Gasteiger partial charge in [-0.25, -0.2) is 9.78 Å². The summed E-state index contributed by atoms with van der Waals surface area (Å²) in [5, 5.41) is 8.99. The third-order valence-electron chi connectivity index (χ3n) is 2.99. The van der Waals surface area contributed by atoms with E-state index in [1.54, 1.807) is 0 Å². The molecule has 1 aliphatic heterocycles. The Kier molecular flexibility index (Phi) is 3.14. The van der Waals surface area contributed by atoms with E-state index in [-0.39, 0.29) is 17.3 Å². The first-order valence-corrected chi connectivity index (χ1v) is 5.39. The molecule has 1 aromatic rings. The molecule has 1 aliphatic rings. The Hall–Kier alpha value is -1.82. The Balaban J connectivity index is 2.31. The normalized spacial score (nSPS) is 19.2. The minimum atomic E-state index is -1.04. The zero-order valence-electron chi connectivity index (χ0n) is 9.59. The summed E-state index contributed by atoms with van der Waals surface area (Å²) < 4.78 is 5.29. The summed E-state index contributed by atoms with van der Waals surface area (Å²) in [5.74, 6) is -0.539. The number of anilines is 2. The van der Waals surface area contributed by atoms with Crippen LogP contribution in [0.4, 0.5) is 11.5 Å². The summed E-state index contributed by atoms with van der Waals surface area (Å²) in [6, 6.07) is 1.61. The number of ether oxygens (including phenoxy) is 1. The number of rotatable bonds is 3. The van der Waals surface area contributed by atoms with E-state index < -0.39 is 5.97 Å². The quantitative estimate of drug-likeness (QED) is 0.799. The molecule has 6 heteroatoms. The van der Waals surface area contributed by atoms with E-state index in [0.717, 1.165) is 6.42 Å². The van der Waals surface area contributed by atoms with Gasteiger partial charge in [-0.1, -0.05) is 0 Å².